The van der Waals surface area contributed by atoms with E-state index >= 15 is 0 Å². The Morgan fingerprint density at radius 3 is 2.45 bits per heavy atom. The van der Waals surface area contributed by atoms with Gasteiger partial charge in [-0.2, -0.15) is 5.10 Å². The molecule has 0 aliphatic rings. The van der Waals surface area contributed by atoms with E-state index in [0.717, 1.165) is 24.4 Å². The maximum Gasteiger partial charge on any atom is 0.171 e. The number of halogens is 2. The van der Waals surface area contributed by atoms with Crippen molar-refractivity contribution in [3.63, 3.8) is 0 Å². The minimum Gasteiger partial charge on any atom is -0.294 e. The Balaban J connectivity index is 2.30. The van der Waals surface area contributed by atoms with Crippen LogP contribution in [-0.2, 0) is 19.4 Å². The van der Waals surface area contributed by atoms with E-state index in [2.05, 4.69) is 5.10 Å². The summed E-state index contributed by atoms with van der Waals surface area (Å²) < 4.78 is 1.85. The van der Waals surface area contributed by atoms with E-state index in [1.54, 1.807) is 18.2 Å². The molecule has 0 spiro atoms. The van der Waals surface area contributed by atoms with Crippen molar-refractivity contribution < 1.29 is 4.79 Å². The van der Waals surface area contributed by atoms with E-state index in [1.807, 2.05) is 24.6 Å². The number of Topliss-reactive ketones (excluding diaryl/α,β-unsaturated/α-hetero) is 1. The van der Waals surface area contributed by atoms with Gasteiger partial charge in [0, 0.05) is 12.2 Å². The summed E-state index contributed by atoms with van der Waals surface area (Å²) >= 11 is 12.1. The summed E-state index contributed by atoms with van der Waals surface area (Å²) in [5.41, 5.74) is 2.27. The van der Waals surface area contributed by atoms with Gasteiger partial charge in [0.25, 0.3) is 0 Å². The van der Waals surface area contributed by atoms with Gasteiger partial charge in [0.2, 0.25) is 0 Å². The lowest BCUT2D eigenvalue weighted by Crippen LogP contribution is -2.10. The molecule has 0 bridgehead atoms. The van der Waals surface area contributed by atoms with Crippen LogP contribution >= 0.6 is 23.2 Å². The molecule has 0 atom stereocenters. The second-order valence-electron chi connectivity index (χ2n) is 4.49. The first-order valence-electron chi connectivity index (χ1n) is 6.59. The molecule has 1 heterocycles. The van der Waals surface area contributed by atoms with Crippen molar-refractivity contribution in [2.45, 2.75) is 33.2 Å². The largest absolute Gasteiger partial charge is 0.294 e. The number of aromatic nitrogens is 2. The molecule has 1 aromatic heterocycles. The fourth-order valence-electron chi connectivity index (χ4n) is 2.12. The molecule has 0 saturated carbocycles. The molecule has 2 rings (SSSR count). The number of carbonyl (C=O) groups excluding carboxylic acids is 1. The van der Waals surface area contributed by atoms with Crippen LogP contribution in [0.4, 0.5) is 0 Å². The first kappa shape index (κ1) is 15.1. The lowest BCUT2D eigenvalue weighted by atomic mass is 10.1. The van der Waals surface area contributed by atoms with Crippen molar-refractivity contribution in [3.8, 4) is 0 Å². The number of hydrogen-bond donors (Lipinski definition) is 0. The molecule has 0 fully saturated rings. The monoisotopic (exact) mass is 310 g/mol. The Bertz CT molecular complexity index is 615. The van der Waals surface area contributed by atoms with E-state index in [9.17, 15) is 4.79 Å². The van der Waals surface area contributed by atoms with Gasteiger partial charge >= 0.3 is 0 Å². The van der Waals surface area contributed by atoms with Gasteiger partial charge < -0.3 is 0 Å². The topological polar surface area (TPSA) is 34.9 Å². The highest BCUT2D eigenvalue weighted by atomic mass is 35.5. The average Bonchev–Trinajstić information content (AvgIpc) is 2.80. The third-order valence-corrected chi connectivity index (χ3v) is 3.79. The van der Waals surface area contributed by atoms with Gasteiger partial charge in [0.1, 0.15) is 0 Å². The van der Waals surface area contributed by atoms with Gasteiger partial charge in [-0.05, 0) is 31.5 Å². The van der Waals surface area contributed by atoms with Crippen LogP contribution in [0.3, 0.4) is 0 Å². The predicted octanol–water partition coefficient (Wildman–Crippen LogP) is 4.20. The number of nitrogens with zero attached hydrogens (tertiary/aromatic N) is 2. The Hall–Kier alpha value is -1.32. The molecule has 20 heavy (non-hydrogen) atoms. The molecule has 0 amide bonds. The predicted molar refractivity (Wildman–Crippen MR) is 81.8 cm³/mol. The van der Waals surface area contributed by atoms with Crippen LogP contribution in [0.2, 0.25) is 10.0 Å². The minimum absolute atomic E-state index is 0.0853. The normalized spacial score (nSPS) is 10.8. The Morgan fingerprint density at radius 2 is 1.90 bits per heavy atom. The first-order valence-corrected chi connectivity index (χ1v) is 7.35. The average molecular weight is 311 g/mol. The maximum atomic E-state index is 12.4. The van der Waals surface area contributed by atoms with Gasteiger partial charge in [-0.3, -0.25) is 9.48 Å². The summed E-state index contributed by atoms with van der Waals surface area (Å²) in [6.07, 6.45) is 1.10. The molecule has 2 aromatic rings. The number of aryl methyl sites for hydroxylation is 2. The van der Waals surface area contributed by atoms with Gasteiger partial charge in [0.05, 0.1) is 27.7 Å². The lowest BCUT2D eigenvalue weighted by Gasteiger charge is -2.07. The van der Waals surface area contributed by atoms with Crippen molar-refractivity contribution >= 4 is 29.0 Å². The van der Waals surface area contributed by atoms with Gasteiger partial charge in [-0.25, -0.2) is 0 Å². The lowest BCUT2D eigenvalue weighted by molar-refractivity contribution is 0.0991. The van der Waals surface area contributed by atoms with E-state index in [1.165, 1.54) is 0 Å². The minimum atomic E-state index is -0.0853. The Morgan fingerprint density at radius 1 is 1.25 bits per heavy atom. The van der Waals surface area contributed by atoms with E-state index in [4.69, 9.17) is 23.2 Å². The quantitative estimate of drug-likeness (QED) is 0.776. The number of carbonyl (C=O) groups is 1. The Kier molecular flexibility index (Phi) is 4.84. The number of ketones is 1. The van der Waals surface area contributed by atoms with Crippen LogP contribution < -0.4 is 0 Å². The number of hydrogen-bond acceptors (Lipinski definition) is 2. The fraction of sp³-hybridized carbons (Fsp3) is 0.333. The van der Waals surface area contributed by atoms with Gasteiger partial charge in [-0.15, -0.1) is 0 Å². The summed E-state index contributed by atoms with van der Waals surface area (Å²) in [5, 5.41) is 5.22. The molecule has 0 N–H and O–H groups in total. The molecule has 1 aromatic carbocycles. The highest BCUT2D eigenvalue weighted by molar-refractivity contribution is 6.39. The molecular formula is C15H16Cl2N2O. The van der Waals surface area contributed by atoms with Crippen LogP contribution in [-0.4, -0.2) is 15.6 Å². The standard InChI is InChI=1S/C15H16Cl2N2O/c1-3-10-8-11(19(4-2)18-10)9-14(20)15-12(16)6-5-7-13(15)17/h5-8H,3-4,9H2,1-2H3. The molecule has 5 heteroatoms. The number of rotatable bonds is 5. The summed E-state index contributed by atoms with van der Waals surface area (Å²) in [6, 6.07) is 7.05. The van der Waals surface area contributed by atoms with Crippen molar-refractivity contribution in [1.29, 1.82) is 0 Å². The maximum absolute atomic E-state index is 12.4. The van der Waals surface area contributed by atoms with Crippen LogP contribution in [0.15, 0.2) is 24.3 Å². The number of benzene rings is 1. The summed E-state index contributed by atoms with van der Waals surface area (Å²) in [4.78, 5) is 12.4. The molecule has 0 unspecified atom stereocenters. The van der Waals surface area contributed by atoms with E-state index < -0.39 is 0 Å². The second-order valence-corrected chi connectivity index (χ2v) is 5.31. The van der Waals surface area contributed by atoms with Crippen LogP contribution in [0, 0.1) is 0 Å². The molecule has 3 nitrogen and oxygen atoms in total. The highest BCUT2D eigenvalue weighted by Crippen LogP contribution is 2.25. The third-order valence-electron chi connectivity index (χ3n) is 3.16. The van der Waals surface area contributed by atoms with Crippen molar-refractivity contribution in [1.82, 2.24) is 9.78 Å². The van der Waals surface area contributed by atoms with Crippen molar-refractivity contribution in [2.75, 3.05) is 0 Å². The van der Waals surface area contributed by atoms with Crippen LogP contribution in [0.25, 0.3) is 0 Å². The molecule has 0 aliphatic heterocycles. The summed E-state index contributed by atoms with van der Waals surface area (Å²) in [6.45, 7) is 4.78. The van der Waals surface area contributed by atoms with Crippen molar-refractivity contribution in [3.05, 3.63) is 51.3 Å². The molecular weight excluding hydrogens is 295 g/mol. The smallest absolute Gasteiger partial charge is 0.171 e. The summed E-state index contributed by atoms with van der Waals surface area (Å²) in [7, 11) is 0. The highest BCUT2D eigenvalue weighted by Gasteiger charge is 2.17. The molecule has 0 radical (unpaired) electrons. The van der Waals surface area contributed by atoms with E-state index in [-0.39, 0.29) is 12.2 Å². The van der Waals surface area contributed by atoms with Crippen molar-refractivity contribution in [2.24, 2.45) is 0 Å². The molecule has 0 aliphatic carbocycles. The second kappa shape index (κ2) is 6.42. The molecule has 106 valence electrons. The zero-order valence-corrected chi connectivity index (χ0v) is 13.0. The summed E-state index contributed by atoms with van der Waals surface area (Å²) in [5.74, 6) is -0.0853. The fourth-order valence-corrected chi connectivity index (χ4v) is 2.73. The third kappa shape index (κ3) is 3.05. The van der Waals surface area contributed by atoms with Gasteiger partial charge in [0.15, 0.2) is 5.78 Å². The first-order chi connectivity index (χ1) is 9.56. The van der Waals surface area contributed by atoms with E-state index in [0.29, 0.717) is 15.6 Å². The molecule has 0 saturated heterocycles. The SMILES string of the molecule is CCc1cc(CC(=O)c2c(Cl)cccc2Cl)n(CC)n1. The van der Waals surface area contributed by atoms with Gasteiger partial charge in [-0.1, -0.05) is 36.2 Å². The van der Waals surface area contributed by atoms with Crippen LogP contribution in [0.1, 0.15) is 35.6 Å². The Labute approximate surface area is 128 Å². The van der Waals surface area contributed by atoms with Crippen LogP contribution in [0.5, 0.6) is 0 Å². The zero-order valence-electron chi connectivity index (χ0n) is 11.5. The zero-order chi connectivity index (χ0) is 14.7.